The van der Waals surface area contributed by atoms with E-state index in [2.05, 4.69) is 26.0 Å². The lowest BCUT2D eigenvalue weighted by Crippen LogP contribution is -2.10. The first kappa shape index (κ1) is 12.0. The van der Waals surface area contributed by atoms with Gasteiger partial charge in [-0.05, 0) is 25.0 Å². The zero-order valence-corrected chi connectivity index (χ0v) is 11.6. The summed E-state index contributed by atoms with van der Waals surface area (Å²) in [6.07, 6.45) is 6.23. The van der Waals surface area contributed by atoms with E-state index in [0.717, 1.165) is 35.9 Å². The number of aromatic nitrogens is 3. The predicted molar refractivity (Wildman–Crippen MR) is 78.6 cm³/mol. The van der Waals surface area contributed by atoms with Gasteiger partial charge in [-0.2, -0.15) is 9.61 Å². The molecule has 0 amide bonds. The third-order valence-electron chi connectivity index (χ3n) is 3.51. The lowest BCUT2D eigenvalue weighted by molar-refractivity contribution is 0.815. The summed E-state index contributed by atoms with van der Waals surface area (Å²) >= 11 is 6.28. The molecule has 2 aromatic heterocycles. The van der Waals surface area contributed by atoms with E-state index in [-0.39, 0.29) is 0 Å². The molecule has 1 saturated carbocycles. The summed E-state index contributed by atoms with van der Waals surface area (Å²) < 4.78 is 1.79. The van der Waals surface area contributed by atoms with Crippen LogP contribution in [0.15, 0.2) is 18.0 Å². The molecule has 2 aromatic rings. The molecule has 3 heterocycles. The van der Waals surface area contributed by atoms with E-state index in [4.69, 9.17) is 11.6 Å². The average Bonchev–Trinajstić information content (AvgIpc) is 2.99. The number of hydrogen-bond donors (Lipinski definition) is 3. The van der Waals surface area contributed by atoms with Gasteiger partial charge in [0.1, 0.15) is 5.82 Å². The number of hydrogen-bond acceptors (Lipinski definition) is 5. The highest BCUT2D eigenvalue weighted by Gasteiger charge is 2.23. The Balaban J connectivity index is 1.80. The molecule has 7 heteroatoms. The van der Waals surface area contributed by atoms with Gasteiger partial charge < -0.3 is 10.6 Å². The number of halogens is 1. The largest absolute Gasteiger partial charge is 0.375 e. The maximum atomic E-state index is 6.28. The number of nitrogens with one attached hydrogen (secondary N) is 3. The molecule has 2 fully saturated rings. The highest BCUT2D eigenvalue weighted by Crippen LogP contribution is 2.27. The van der Waals surface area contributed by atoms with Gasteiger partial charge in [-0.1, -0.05) is 11.6 Å². The molecule has 0 unspecified atom stereocenters. The number of fused-ring (bicyclic) bond motifs is 1. The standard InChI is InChI=1S/C13H15ClN6/c14-12-10(5-9-6-15-7-17-9)13-16-4-3-11(20(13)19-12)18-8-1-2-8/h3-5,8,15,17-18H,1-2,6-7H2/b9-5-. The Labute approximate surface area is 121 Å². The van der Waals surface area contributed by atoms with Crippen molar-refractivity contribution >= 4 is 29.1 Å². The summed E-state index contributed by atoms with van der Waals surface area (Å²) in [6, 6.07) is 2.49. The summed E-state index contributed by atoms with van der Waals surface area (Å²) in [5.41, 5.74) is 2.74. The first-order valence-electron chi connectivity index (χ1n) is 6.76. The fourth-order valence-electron chi connectivity index (χ4n) is 2.32. The van der Waals surface area contributed by atoms with E-state index < -0.39 is 0 Å². The van der Waals surface area contributed by atoms with Crippen LogP contribution in [0.3, 0.4) is 0 Å². The first-order chi connectivity index (χ1) is 9.81. The second-order valence-electron chi connectivity index (χ2n) is 5.14. The van der Waals surface area contributed by atoms with Gasteiger partial charge in [-0.15, -0.1) is 0 Å². The second kappa shape index (κ2) is 4.64. The van der Waals surface area contributed by atoms with Crippen molar-refractivity contribution in [2.75, 3.05) is 18.5 Å². The molecule has 4 rings (SSSR count). The molecule has 0 radical (unpaired) electrons. The average molecular weight is 291 g/mol. The van der Waals surface area contributed by atoms with Gasteiger partial charge in [0.15, 0.2) is 10.8 Å². The smallest absolute Gasteiger partial charge is 0.166 e. The lowest BCUT2D eigenvalue weighted by atomic mass is 10.2. The Bertz CT molecular complexity index is 679. The summed E-state index contributed by atoms with van der Waals surface area (Å²) in [4.78, 5) is 4.42. The van der Waals surface area contributed by atoms with E-state index in [1.807, 2.05) is 12.1 Å². The maximum Gasteiger partial charge on any atom is 0.166 e. The Morgan fingerprint density at radius 1 is 1.45 bits per heavy atom. The Morgan fingerprint density at radius 3 is 3.10 bits per heavy atom. The van der Waals surface area contributed by atoms with Gasteiger partial charge in [-0.25, -0.2) is 4.98 Å². The monoisotopic (exact) mass is 290 g/mol. The summed E-state index contributed by atoms with van der Waals surface area (Å²) in [5, 5.41) is 14.8. The third kappa shape index (κ3) is 2.10. The molecule has 0 spiro atoms. The molecule has 1 aliphatic heterocycles. The fraction of sp³-hybridized carbons (Fsp3) is 0.385. The molecule has 104 valence electrons. The van der Waals surface area contributed by atoms with Crippen molar-refractivity contribution in [1.82, 2.24) is 25.2 Å². The van der Waals surface area contributed by atoms with E-state index in [1.54, 1.807) is 10.7 Å². The summed E-state index contributed by atoms with van der Waals surface area (Å²) in [5.74, 6) is 0.946. The van der Waals surface area contributed by atoms with E-state index in [0.29, 0.717) is 11.2 Å². The minimum absolute atomic E-state index is 0.476. The van der Waals surface area contributed by atoms with E-state index >= 15 is 0 Å². The van der Waals surface area contributed by atoms with Crippen LogP contribution in [-0.2, 0) is 0 Å². The van der Waals surface area contributed by atoms with Gasteiger partial charge in [0.2, 0.25) is 0 Å². The highest BCUT2D eigenvalue weighted by atomic mass is 35.5. The van der Waals surface area contributed by atoms with Crippen LogP contribution in [-0.4, -0.2) is 33.9 Å². The van der Waals surface area contributed by atoms with Crippen LogP contribution in [0.1, 0.15) is 18.4 Å². The van der Waals surface area contributed by atoms with Crippen LogP contribution in [0.25, 0.3) is 11.7 Å². The van der Waals surface area contributed by atoms with Gasteiger partial charge in [0, 0.05) is 24.5 Å². The number of rotatable bonds is 3. The Kier molecular flexibility index (Phi) is 2.78. The van der Waals surface area contributed by atoms with Gasteiger partial charge in [0.05, 0.1) is 12.2 Å². The maximum absolute atomic E-state index is 6.28. The molecule has 20 heavy (non-hydrogen) atoms. The van der Waals surface area contributed by atoms with Crippen LogP contribution in [0.5, 0.6) is 0 Å². The third-order valence-corrected chi connectivity index (χ3v) is 3.79. The molecule has 3 N–H and O–H groups in total. The molecule has 2 aliphatic rings. The zero-order chi connectivity index (χ0) is 13.5. The van der Waals surface area contributed by atoms with Crippen molar-refractivity contribution in [3.8, 4) is 0 Å². The van der Waals surface area contributed by atoms with Crippen molar-refractivity contribution in [1.29, 1.82) is 0 Å². The highest BCUT2D eigenvalue weighted by molar-refractivity contribution is 6.31. The van der Waals surface area contributed by atoms with Crippen LogP contribution in [0.4, 0.5) is 5.82 Å². The molecule has 1 saturated heterocycles. The van der Waals surface area contributed by atoms with Crippen molar-refractivity contribution in [2.45, 2.75) is 18.9 Å². The zero-order valence-electron chi connectivity index (χ0n) is 10.9. The summed E-state index contributed by atoms with van der Waals surface area (Å²) in [6.45, 7) is 1.60. The van der Waals surface area contributed by atoms with Crippen LogP contribution >= 0.6 is 11.6 Å². The van der Waals surface area contributed by atoms with E-state index in [1.165, 1.54) is 12.8 Å². The van der Waals surface area contributed by atoms with E-state index in [9.17, 15) is 0 Å². The normalized spacial score (nSPS) is 20.6. The number of nitrogens with zero attached hydrogens (tertiary/aromatic N) is 3. The van der Waals surface area contributed by atoms with Crippen molar-refractivity contribution < 1.29 is 0 Å². The Morgan fingerprint density at radius 2 is 2.35 bits per heavy atom. The fourth-order valence-corrected chi connectivity index (χ4v) is 2.53. The minimum atomic E-state index is 0.476. The SMILES string of the molecule is Clc1nn2c(NC3CC3)ccnc2c1/C=C1/CNCN1. The lowest BCUT2D eigenvalue weighted by Gasteiger charge is -2.05. The molecule has 0 bridgehead atoms. The quantitative estimate of drug-likeness (QED) is 0.798. The van der Waals surface area contributed by atoms with Crippen molar-refractivity contribution in [2.24, 2.45) is 0 Å². The molecular weight excluding hydrogens is 276 g/mol. The first-order valence-corrected chi connectivity index (χ1v) is 7.14. The van der Waals surface area contributed by atoms with Gasteiger partial charge >= 0.3 is 0 Å². The van der Waals surface area contributed by atoms with Gasteiger partial charge in [-0.3, -0.25) is 5.32 Å². The van der Waals surface area contributed by atoms with Crippen molar-refractivity contribution in [3.05, 3.63) is 28.7 Å². The van der Waals surface area contributed by atoms with Crippen LogP contribution in [0, 0.1) is 0 Å². The topological polar surface area (TPSA) is 66.3 Å². The molecule has 0 atom stereocenters. The number of anilines is 1. The predicted octanol–water partition coefficient (Wildman–Crippen LogP) is 1.45. The van der Waals surface area contributed by atoms with Crippen LogP contribution < -0.4 is 16.0 Å². The Hall–Kier alpha value is -1.79. The summed E-state index contributed by atoms with van der Waals surface area (Å²) in [7, 11) is 0. The molecule has 0 aromatic carbocycles. The second-order valence-corrected chi connectivity index (χ2v) is 5.50. The van der Waals surface area contributed by atoms with Gasteiger partial charge in [0.25, 0.3) is 0 Å². The van der Waals surface area contributed by atoms with Crippen molar-refractivity contribution in [3.63, 3.8) is 0 Å². The minimum Gasteiger partial charge on any atom is -0.375 e. The molecule has 6 nitrogen and oxygen atoms in total. The van der Waals surface area contributed by atoms with Crippen LogP contribution in [0.2, 0.25) is 5.15 Å². The molecular formula is C13H15ClN6. The molecule has 1 aliphatic carbocycles.